The van der Waals surface area contributed by atoms with Crippen molar-refractivity contribution in [2.45, 2.75) is 26.1 Å². The van der Waals surface area contributed by atoms with Gasteiger partial charge in [0.2, 0.25) is 5.65 Å². The number of anilines is 1. The van der Waals surface area contributed by atoms with Crippen LogP contribution >= 0.6 is 0 Å². The van der Waals surface area contributed by atoms with E-state index in [-0.39, 0.29) is 0 Å². The Hall–Kier alpha value is -2.68. The van der Waals surface area contributed by atoms with Crippen LogP contribution in [0.5, 0.6) is 0 Å². The number of fused-ring (bicyclic) bond motifs is 1. The molecule has 0 radical (unpaired) electrons. The molecule has 0 N–H and O–H groups in total. The Morgan fingerprint density at radius 1 is 1.07 bits per heavy atom. The van der Waals surface area contributed by atoms with E-state index in [9.17, 15) is 13.2 Å². The van der Waals surface area contributed by atoms with Gasteiger partial charge in [0, 0.05) is 51.5 Å². The van der Waals surface area contributed by atoms with Crippen molar-refractivity contribution in [2.75, 3.05) is 31.1 Å². The molecule has 3 heterocycles. The fourth-order valence-corrected chi connectivity index (χ4v) is 3.55. The fourth-order valence-electron chi connectivity index (χ4n) is 3.55. The van der Waals surface area contributed by atoms with Gasteiger partial charge in [-0.2, -0.15) is 13.2 Å². The summed E-state index contributed by atoms with van der Waals surface area (Å²) in [5, 5.41) is 8.48. The van der Waals surface area contributed by atoms with Gasteiger partial charge in [0.15, 0.2) is 5.82 Å². The van der Waals surface area contributed by atoms with Crippen LogP contribution in [0, 0.1) is 0 Å². The molecule has 6 nitrogen and oxygen atoms in total. The summed E-state index contributed by atoms with van der Waals surface area (Å²) >= 11 is 0. The molecule has 3 aromatic rings. The first-order valence-electron chi connectivity index (χ1n) is 9.28. The van der Waals surface area contributed by atoms with Gasteiger partial charge in [-0.25, -0.2) is 4.98 Å². The van der Waals surface area contributed by atoms with Crippen LogP contribution in [0.4, 0.5) is 19.0 Å². The molecule has 1 aliphatic rings. The second-order valence-electron chi connectivity index (χ2n) is 6.88. The highest BCUT2D eigenvalue weighted by molar-refractivity contribution is 5.64. The highest BCUT2D eigenvalue weighted by atomic mass is 19.4. The van der Waals surface area contributed by atoms with Crippen molar-refractivity contribution < 1.29 is 13.2 Å². The number of aromatic nitrogens is 4. The lowest BCUT2D eigenvalue weighted by atomic mass is 10.1. The summed E-state index contributed by atoms with van der Waals surface area (Å²) in [5.41, 5.74) is 0.817. The average Bonchev–Trinajstić information content (AvgIpc) is 3.11. The van der Waals surface area contributed by atoms with E-state index in [4.69, 9.17) is 0 Å². The van der Waals surface area contributed by atoms with Crippen LogP contribution in [-0.4, -0.2) is 50.7 Å². The molecule has 0 bridgehead atoms. The van der Waals surface area contributed by atoms with Crippen LogP contribution in [0.2, 0.25) is 0 Å². The summed E-state index contributed by atoms with van der Waals surface area (Å²) < 4.78 is 40.7. The normalized spacial score (nSPS) is 16.1. The van der Waals surface area contributed by atoms with E-state index < -0.39 is 11.7 Å². The Morgan fingerprint density at radius 3 is 2.57 bits per heavy atom. The number of alkyl halides is 3. The summed E-state index contributed by atoms with van der Waals surface area (Å²) in [4.78, 5) is 8.80. The quantitative estimate of drug-likeness (QED) is 0.686. The lowest BCUT2D eigenvalue weighted by Crippen LogP contribution is -2.46. The average molecular weight is 390 g/mol. The Bertz CT molecular complexity index is 960. The molecule has 0 spiro atoms. The van der Waals surface area contributed by atoms with E-state index >= 15 is 0 Å². The monoisotopic (exact) mass is 390 g/mol. The second-order valence-corrected chi connectivity index (χ2v) is 6.88. The van der Waals surface area contributed by atoms with Gasteiger partial charge in [-0.3, -0.25) is 9.30 Å². The number of nitrogens with zero attached hydrogens (tertiary/aromatic N) is 6. The molecule has 2 aromatic heterocycles. The van der Waals surface area contributed by atoms with Gasteiger partial charge in [-0.05, 0) is 11.6 Å². The van der Waals surface area contributed by atoms with E-state index in [0.717, 1.165) is 56.0 Å². The van der Waals surface area contributed by atoms with Gasteiger partial charge in [0.25, 0.3) is 0 Å². The SMILES string of the molecule is CCc1nnc2c(N3CCN(Cc4cccc(C(F)(F)F)c4)CC3)nccn12. The molecule has 0 saturated carbocycles. The Kier molecular flexibility index (Phi) is 4.92. The standard InChI is InChI=1S/C19H21F3N6/c1-2-16-24-25-18-17(23-6-7-28(16)18)27-10-8-26(9-11-27)13-14-4-3-5-15(12-14)19(20,21)22/h3-7,12H,2,8-11,13H2,1H3. The molecule has 0 atom stereocenters. The van der Waals surface area contributed by atoms with Crippen molar-refractivity contribution in [3.05, 3.63) is 53.6 Å². The summed E-state index contributed by atoms with van der Waals surface area (Å²) in [5.74, 6) is 1.69. The maximum Gasteiger partial charge on any atom is 0.416 e. The minimum absolute atomic E-state index is 0.500. The third kappa shape index (κ3) is 3.66. The maximum atomic E-state index is 12.9. The van der Waals surface area contributed by atoms with Crippen LogP contribution in [0.3, 0.4) is 0 Å². The highest BCUT2D eigenvalue weighted by Gasteiger charge is 2.30. The van der Waals surface area contributed by atoms with Gasteiger partial charge in [-0.1, -0.05) is 25.1 Å². The zero-order chi connectivity index (χ0) is 19.7. The molecule has 9 heteroatoms. The molecule has 28 heavy (non-hydrogen) atoms. The van der Waals surface area contributed by atoms with Gasteiger partial charge in [0.1, 0.15) is 5.82 Å². The van der Waals surface area contributed by atoms with Gasteiger partial charge < -0.3 is 4.90 Å². The van der Waals surface area contributed by atoms with Crippen LogP contribution in [-0.2, 0) is 19.1 Å². The van der Waals surface area contributed by atoms with E-state index in [2.05, 4.69) is 25.0 Å². The number of benzene rings is 1. The number of hydrogen-bond donors (Lipinski definition) is 0. The first kappa shape index (κ1) is 18.7. The van der Waals surface area contributed by atoms with Crippen molar-refractivity contribution in [3.8, 4) is 0 Å². The van der Waals surface area contributed by atoms with Crippen LogP contribution in [0.1, 0.15) is 23.9 Å². The highest BCUT2D eigenvalue weighted by Crippen LogP contribution is 2.30. The lowest BCUT2D eigenvalue weighted by Gasteiger charge is -2.35. The third-order valence-electron chi connectivity index (χ3n) is 5.03. The topological polar surface area (TPSA) is 49.6 Å². The summed E-state index contributed by atoms with van der Waals surface area (Å²) in [7, 11) is 0. The Labute approximate surface area is 160 Å². The summed E-state index contributed by atoms with van der Waals surface area (Å²) in [6, 6.07) is 5.55. The van der Waals surface area contributed by atoms with E-state index in [1.54, 1.807) is 12.3 Å². The van der Waals surface area contributed by atoms with Crippen molar-refractivity contribution in [3.63, 3.8) is 0 Å². The molecule has 1 saturated heterocycles. The number of piperazine rings is 1. The molecule has 0 amide bonds. The van der Waals surface area contributed by atoms with Crippen molar-refractivity contribution >= 4 is 11.5 Å². The lowest BCUT2D eigenvalue weighted by molar-refractivity contribution is -0.137. The number of hydrogen-bond acceptors (Lipinski definition) is 5. The molecule has 1 aliphatic heterocycles. The van der Waals surface area contributed by atoms with Crippen LogP contribution in [0.15, 0.2) is 36.7 Å². The van der Waals surface area contributed by atoms with Gasteiger partial charge in [0.05, 0.1) is 5.56 Å². The molecule has 1 aromatic carbocycles. The molecule has 1 fully saturated rings. The maximum absolute atomic E-state index is 12.9. The van der Waals surface area contributed by atoms with Gasteiger partial charge >= 0.3 is 6.18 Å². The first-order valence-corrected chi connectivity index (χ1v) is 9.28. The molecular weight excluding hydrogens is 369 g/mol. The van der Waals surface area contributed by atoms with E-state index in [1.807, 2.05) is 17.5 Å². The van der Waals surface area contributed by atoms with E-state index in [0.29, 0.717) is 12.1 Å². The number of rotatable bonds is 4. The predicted molar refractivity (Wildman–Crippen MR) is 99.1 cm³/mol. The number of halogens is 3. The van der Waals surface area contributed by atoms with Crippen LogP contribution in [0.25, 0.3) is 5.65 Å². The zero-order valence-electron chi connectivity index (χ0n) is 15.5. The smallest absolute Gasteiger partial charge is 0.351 e. The fraction of sp³-hybridized carbons (Fsp3) is 0.421. The zero-order valence-corrected chi connectivity index (χ0v) is 15.5. The van der Waals surface area contributed by atoms with Crippen LogP contribution < -0.4 is 4.90 Å². The summed E-state index contributed by atoms with van der Waals surface area (Å²) in [6.07, 6.45) is 0.0887. The molecule has 4 rings (SSSR count). The first-order chi connectivity index (χ1) is 13.5. The van der Waals surface area contributed by atoms with Crippen molar-refractivity contribution in [2.24, 2.45) is 0 Å². The third-order valence-corrected chi connectivity index (χ3v) is 5.03. The predicted octanol–water partition coefficient (Wildman–Crippen LogP) is 3.03. The minimum Gasteiger partial charge on any atom is -0.351 e. The van der Waals surface area contributed by atoms with Crippen molar-refractivity contribution in [1.29, 1.82) is 0 Å². The Morgan fingerprint density at radius 2 is 1.86 bits per heavy atom. The molecular formula is C19H21F3N6. The summed E-state index contributed by atoms with van der Waals surface area (Å²) in [6.45, 7) is 5.49. The molecule has 0 aliphatic carbocycles. The molecule has 148 valence electrons. The van der Waals surface area contributed by atoms with Gasteiger partial charge in [-0.15, -0.1) is 10.2 Å². The largest absolute Gasteiger partial charge is 0.416 e. The Balaban J connectivity index is 1.44. The minimum atomic E-state index is -4.31. The van der Waals surface area contributed by atoms with Crippen molar-refractivity contribution in [1.82, 2.24) is 24.5 Å². The second kappa shape index (κ2) is 7.38. The molecule has 0 unspecified atom stereocenters. The van der Waals surface area contributed by atoms with E-state index in [1.165, 1.54) is 12.1 Å². The number of aryl methyl sites for hydroxylation is 1.